The summed E-state index contributed by atoms with van der Waals surface area (Å²) in [6, 6.07) is 0. The standard InChI is InChI=1S/C9H16FN3O2/c1-6(11)13-5-7(10)3-4-9(2,12)8(14)15/h3H,4-5,12H2,1-2H3,(H2,11,13)(H,14,15)/b7-3+. The quantitative estimate of drug-likeness (QED) is 0.400. The van der Waals surface area contributed by atoms with Crippen molar-refractivity contribution in [1.82, 2.24) is 5.32 Å². The SMILES string of the molecule is CC(=N)NC/C(F)=C\CC(C)(N)C(=O)O. The van der Waals surface area contributed by atoms with Crippen molar-refractivity contribution in [3.63, 3.8) is 0 Å². The van der Waals surface area contributed by atoms with E-state index >= 15 is 0 Å². The highest BCUT2D eigenvalue weighted by atomic mass is 19.1. The second kappa shape index (κ2) is 5.45. The van der Waals surface area contributed by atoms with E-state index in [1.54, 1.807) is 0 Å². The fourth-order valence-electron chi connectivity index (χ4n) is 0.699. The number of halogens is 1. The van der Waals surface area contributed by atoms with Gasteiger partial charge in [0.15, 0.2) is 0 Å². The van der Waals surface area contributed by atoms with Crippen molar-refractivity contribution in [3.8, 4) is 0 Å². The third-order valence-electron chi connectivity index (χ3n) is 1.76. The minimum atomic E-state index is -1.46. The Morgan fingerprint density at radius 3 is 2.67 bits per heavy atom. The summed E-state index contributed by atoms with van der Waals surface area (Å²) in [5.74, 6) is -1.56. The molecule has 0 saturated heterocycles. The summed E-state index contributed by atoms with van der Waals surface area (Å²) in [7, 11) is 0. The van der Waals surface area contributed by atoms with Crippen LogP contribution < -0.4 is 11.1 Å². The van der Waals surface area contributed by atoms with Gasteiger partial charge in [0, 0.05) is 0 Å². The molecule has 0 heterocycles. The number of rotatable bonds is 5. The number of hydrogen-bond acceptors (Lipinski definition) is 3. The first-order valence-corrected chi connectivity index (χ1v) is 4.41. The first-order chi connectivity index (χ1) is 6.75. The Kier molecular flexibility index (Phi) is 4.93. The van der Waals surface area contributed by atoms with Gasteiger partial charge in [0.2, 0.25) is 0 Å². The molecule has 86 valence electrons. The molecular weight excluding hydrogens is 201 g/mol. The maximum atomic E-state index is 13.0. The van der Waals surface area contributed by atoms with Gasteiger partial charge in [-0.3, -0.25) is 10.2 Å². The molecule has 0 rings (SSSR count). The van der Waals surface area contributed by atoms with Crippen LogP contribution in [0.1, 0.15) is 20.3 Å². The number of carboxylic acids is 1. The molecule has 0 aromatic carbocycles. The van der Waals surface area contributed by atoms with Crippen LogP contribution in [0.4, 0.5) is 4.39 Å². The van der Waals surface area contributed by atoms with E-state index < -0.39 is 17.3 Å². The second-order valence-corrected chi connectivity index (χ2v) is 3.56. The lowest BCUT2D eigenvalue weighted by atomic mass is 9.99. The highest BCUT2D eigenvalue weighted by Crippen LogP contribution is 2.09. The van der Waals surface area contributed by atoms with Gasteiger partial charge in [-0.15, -0.1) is 0 Å². The van der Waals surface area contributed by atoms with Crippen molar-refractivity contribution >= 4 is 11.8 Å². The minimum Gasteiger partial charge on any atom is -0.480 e. The lowest BCUT2D eigenvalue weighted by molar-refractivity contribution is -0.142. The lowest BCUT2D eigenvalue weighted by Crippen LogP contribution is -2.44. The van der Waals surface area contributed by atoms with Crippen molar-refractivity contribution in [2.75, 3.05) is 6.54 Å². The van der Waals surface area contributed by atoms with Crippen molar-refractivity contribution in [2.24, 2.45) is 5.73 Å². The van der Waals surface area contributed by atoms with Gasteiger partial charge in [0.25, 0.3) is 0 Å². The van der Waals surface area contributed by atoms with Crippen LogP contribution in [0.5, 0.6) is 0 Å². The molecule has 0 saturated carbocycles. The molecule has 0 aliphatic carbocycles. The van der Waals surface area contributed by atoms with E-state index in [4.69, 9.17) is 16.2 Å². The summed E-state index contributed by atoms with van der Waals surface area (Å²) in [4.78, 5) is 10.6. The summed E-state index contributed by atoms with van der Waals surface area (Å²) >= 11 is 0. The van der Waals surface area contributed by atoms with Gasteiger partial charge in [-0.2, -0.15) is 0 Å². The molecule has 0 aliphatic rings. The number of nitrogens with one attached hydrogen (secondary N) is 2. The third kappa shape index (κ3) is 5.79. The molecule has 0 aliphatic heterocycles. The number of carbonyl (C=O) groups is 1. The number of hydrogen-bond donors (Lipinski definition) is 4. The highest BCUT2D eigenvalue weighted by Gasteiger charge is 2.26. The second-order valence-electron chi connectivity index (χ2n) is 3.56. The number of carboxylic acid groups (broad SMARTS) is 1. The first kappa shape index (κ1) is 13.6. The molecule has 1 atom stereocenters. The predicted octanol–water partition coefficient (Wildman–Crippen LogP) is 0.619. The van der Waals surface area contributed by atoms with Gasteiger partial charge in [-0.05, 0) is 26.3 Å². The zero-order chi connectivity index (χ0) is 12.1. The summed E-state index contributed by atoms with van der Waals surface area (Å²) in [6.45, 7) is 2.68. The van der Waals surface area contributed by atoms with E-state index in [0.29, 0.717) is 0 Å². The van der Waals surface area contributed by atoms with Gasteiger partial charge in [-0.25, -0.2) is 4.39 Å². The molecule has 15 heavy (non-hydrogen) atoms. The van der Waals surface area contributed by atoms with E-state index in [0.717, 1.165) is 6.08 Å². The predicted molar refractivity (Wildman–Crippen MR) is 55.4 cm³/mol. The van der Waals surface area contributed by atoms with Crippen molar-refractivity contribution < 1.29 is 14.3 Å². The summed E-state index contributed by atoms with van der Waals surface area (Å²) < 4.78 is 13.0. The summed E-state index contributed by atoms with van der Waals surface area (Å²) in [5.41, 5.74) is 3.93. The van der Waals surface area contributed by atoms with Gasteiger partial charge in [0.1, 0.15) is 11.4 Å². The lowest BCUT2D eigenvalue weighted by Gasteiger charge is -2.16. The van der Waals surface area contributed by atoms with Crippen LogP contribution in [0.2, 0.25) is 0 Å². The van der Waals surface area contributed by atoms with Crippen LogP contribution in [-0.2, 0) is 4.79 Å². The Balaban J connectivity index is 4.16. The summed E-state index contributed by atoms with van der Waals surface area (Å²) in [5, 5.41) is 18.1. The molecule has 0 amide bonds. The smallest absolute Gasteiger partial charge is 0.323 e. The van der Waals surface area contributed by atoms with Crippen LogP contribution >= 0.6 is 0 Å². The molecule has 0 spiro atoms. The molecule has 0 aromatic heterocycles. The molecule has 6 heteroatoms. The monoisotopic (exact) mass is 217 g/mol. The molecule has 0 fully saturated rings. The maximum Gasteiger partial charge on any atom is 0.323 e. The number of aliphatic carboxylic acids is 1. The van der Waals surface area contributed by atoms with Crippen molar-refractivity contribution in [3.05, 3.63) is 11.9 Å². The van der Waals surface area contributed by atoms with E-state index in [9.17, 15) is 9.18 Å². The molecule has 0 radical (unpaired) electrons. The van der Waals surface area contributed by atoms with Crippen LogP contribution in [0.15, 0.2) is 11.9 Å². The Morgan fingerprint density at radius 2 is 2.27 bits per heavy atom. The fraction of sp³-hybridized carbons (Fsp3) is 0.556. The van der Waals surface area contributed by atoms with E-state index in [2.05, 4.69) is 5.32 Å². The zero-order valence-corrected chi connectivity index (χ0v) is 8.80. The highest BCUT2D eigenvalue weighted by molar-refractivity contribution is 5.78. The van der Waals surface area contributed by atoms with Gasteiger partial charge >= 0.3 is 5.97 Å². The van der Waals surface area contributed by atoms with Crippen molar-refractivity contribution in [2.45, 2.75) is 25.8 Å². The minimum absolute atomic E-state index is 0.0904. The molecule has 1 unspecified atom stereocenters. The van der Waals surface area contributed by atoms with E-state index in [1.165, 1.54) is 13.8 Å². The average Bonchev–Trinajstić information content (AvgIpc) is 2.11. The van der Waals surface area contributed by atoms with Gasteiger partial charge in [0.05, 0.1) is 12.4 Å². The van der Waals surface area contributed by atoms with Crippen molar-refractivity contribution in [1.29, 1.82) is 5.41 Å². The zero-order valence-electron chi connectivity index (χ0n) is 8.80. The Morgan fingerprint density at radius 1 is 1.73 bits per heavy atom. The molecule has 0 bridgehead atoms. The largest absolute Gasteiger partial charge is 0.480 e. The van der Waals surface area contributed by atoms with Gasteiger partial charge in [-0.1, -0.05) is 0 Å². The van der Waals surface area contributed by atoms with E-state index in [-0.39, 0.29) is 18.8 Å². The average molecular weight is 217 g/mol. The third-order valence-corrected chi connectivity index (χ3v) is 1.76. The maximum absolute atomic E-state index is 13.0. The molecule has 0 aromatic rings. The van der Waals surface area contributed by atoms with E-state index in [1.807, 2.05) is 0 Å². The number of amidine groups is 1. The van der Waals surface area contributed by atoms with Crippen LogP contribution in [0.3, 0.4) is 0 Å². The topological polar surface area (TPSA) is 99.2 Å². The van der Waals surface area contributed by atoms with Crippen LogP contribution in [0, 0.1) is 5.41 Å². The summed E-state index contributed by atoms with van der Waals surface area (Å²) in [6.07, 6.45) is 1.02. The normalized spacial score (nSPS) is 15.6. The molecule has 5 nitrogen and oxygen atoms in total. The Labute approximate surface area is 87.7 Å². The Hall–Kier alpha value is -1.43. The number of nitrogens with two attached hydrogens (primary N) is 1. The first-order valence-electron chi connectivity index (χ1n) is 4.41. The molecule has 5 N–H and O–H groups in total. The molecular formula is C9H16FN3O2. The Bertz CT molecular complexity index is 287. The van der Waals surface area contributed by atoms with Crippen LogP contribution in [-0.4, -0.2) is 29.0 Å². The van der Waals surface area contributed by atoms with Gasteiger partial charge < -0.3 is 16.2 Å². The fourth-order valence-corrected chi connectivity index (χ4v) is 0.699. The van der Waals surface area contributed by atoms with Crippen LogP contribution in [0.25, 0.3) is 0 Å².